The van der Waals surface area contributed by atoms with Gasteiger partial charge in [0.1, 0.15) is 16.4 Å². The van der Waals surface area contributed by atoms with Crippen molar-refractivity contribution in [3.05, 3.63) is 53.1 Å². The summed E-state index contributed by atoms with van der Waals surface area (Å²) in [5.41, 5.74) is 2.52. The number of aryl methyl sites for hydroxylation is 2. The summed E-state index contributed by atoms with van der Waals surface area (Å²) in [7, 11) is -3.90. The average Bonchev–Trinajstić information content (AvgIpc) is 2.40. The smallest absolute Gasteiger partial charge is 0.339 e. The first kappa shape index (κ1) is 14.4. The quantitative estimate of drug-likeness (QED) is 0.883. The molecule has 0 fully saturated rings. The molecular formula is C15H16O4S. The van der Waals surface area contributed by atoms with E-state index in [2.05, 4.69) is 0 Å². The van der Waals surface area contributed by atoms with E-state index in [0.29, 0.717) is 5.75 Å². The Morgan fingerprint density at radius 1 is 0.900 bits per heavy atom. The van der Waals surface area contributed by atoms with Crippen molar-refractivity contribution in [2.45, 2.75) is 25.7 Å². The van der Waals surface area contributed by atoms with E-state index >= 15 is 0 Å². The third kappa shape index (κ3) is 2.77. The average molecular weight is 292 g/mol. The molecule has 0 aliphatic rings. The van der Waals surface area contributed by atoms with Crippen LogP contribution in [-0.2, 0) is 10.1 Å². The topological polar surface area (TPSA) is 63.6 Å². The second-order valence-corrected chi connectivity index (χ2v) is 6.23. The highest BCUT2D eigenvalue weighted by molar-refractivity contribution is 7.87. The van der Waals surface area contributed by atoms with Gasteiger partial charge in [-0.15, -0.1) is 0 Å². The monoisotopic (exact) mass is 292 g/mol. The van der Waals surface area contributed by atoms with Gasteiger partial charge in [0.25, 0.3) is 0 Å². The molecule has 2 rings (SSSR count). The highest BCUT2D eigenvalue weighted by Gasteiger charge is 2.19. The van der Waals surface area contributed by atoms with Gasteiger partial charge in [-0.05, 0) is 61.7 Å². The van der Waals surface area contributed by atoms with Crippen LogP contribution in [0.1, 0.15) is 16.7 Å². The van der Waals surface area contributed by atoms with Gasteiger partial charge >= 0.3 is 10.1 Å². The molecule has 4 nitrogen and oxygen atoms in total. The fourth-order valence-corrected chi connectivity index (χ4v) is 2.87. The lowest BCUT2D eigenvalue weighted by Crippen LogP contribution is -2.11. The maximum Gasteiger partial charge on any atom is 0.339 e. The zero-order valence-electron chi connectivity index (χ0n) is 11.5. The first-order valence-corrected chi connectivity index (χ1v) is 7.52. The number of hydrogen-bond donors (Lipinski definition) is 1. The van der Waals surface area contributed by atoms with Crippen LogP contribution in [0.25, 0.3) is 0 Å². The van der Waals surface area contributed by atoms with Crippen molar-refractivity contribution in [1.29, 1.82) is 0 Å². The molecule has 20 heavy (non-hydrogen) atoms. The Balaban J connectivity index is 2.43. The second-order valence-electron chi connectivity index (χ2n) is 4.68. The van der Waals surface area contributed by atoms with Crippen molar-refractivity contribution < 1.29 is 17.7 Å². The maximum atomic E-state index is 12.2. The maximum absolute atomic E-state index is 12.2. The fraction of sp³-hybridized carbons (Fsp3) is 0.200. The number of hydrogen-bond acceptors (Lipinski definition) is 4. The predicted molar refractivity (Wildman–Crippen MR) is 76.6 cm³/mol. The van der Waals surface area contributed by atoms with Gasteiger partial charge in [0.15, 0.2) is 0 Å². The highest BCUT2D eigenvalue weighted by atomic mass is 32.2. The van der Waals surface area contributed by atoms with Gasteiger partial charge in [0.2, 0.25) is 0 Å². The molecule has 1 N–H and O–H groups in total. The minimum absolute atomic E-state index is 0.00636. The number of phenolic OH excluding ortho intramolecular Hbond substituents is 1. The molecular weight excluding hydrogens is 276 g/mol. The van der Waals surface area contributed by atoms with E-state index in [9.17, 15) is 13.5 Å². The predicted octanol–water partition coefficient (Wildman–Crippen LogP) is 3.09. The second kappa shape index (κ2) is 5.17. The molecule has 2 aromatic carbocycles. The van der Waals surface area contributed by atoms with Crippen LogP contribution < -0.4 is 4.18 Å². The van der Waals surface area contributed by atoms with Gasteiger partial charge < -0.3 is 9.29 Å². The summed E-state index contributed by atoms with van der Waals surface area (Å²) in [6.07, 6.45) is 0. The van der Waals surface area contributed by atoms with E-state index in [4.69, 9.17) is 4.18 Å². The number of benzene rings is 2. The molecule has 0 aromatic heterocycles. The lowest BCUT2D eigenvalue weighted by atomic mass is 10.1. The lowest BCUT2D eigenvalue weighted by Gasteiger charge is -2.13. The van der Waals surface area contributed by atoms with E-state index < -0.39 is 10.1 Å². The molecule has 0 unspecified atom stereocenters. The molecule has 5 heteroatoms. The summed E-state index contributed by atoms with van der Waals surface area (Å²) in [5, 5.41) is 9.20. The molecule has 0 atom stereocenters. The zero-order chi connectivity index (χ0) is 14.9. The first-order valence-electron chi connectivity index (χ1n) is 6.11. The van der Waals surface area contributed by atoms with Gasteiger partial charge in [-0.3, -0.25) is 0 Å². The van der Waals surface area contributed by atoms with Gasteiger partial charge in [0, 0.05) is 0 Å². The fourth-order valence-electron chi connectivity index (χ4n) is 1.82. The molecule has 2 aromatic rings. The summed E-state index contributed by atoms with van der Waals surface area (Å²) >= 11 is 0. The van der Waals surface area contributed by atoms with Crippen molar-refractivity contribution >= 4 is 10.1 Å². The Morgan fingerprint density at radius 3 is 2.05 bits per heavy atom. The van der Waals surface area contributed by atoms with Crippen LogP contribution in [0.15, 0.2) is 41.3 Å². The molecule has 106 valence electrons. The van der Waals surface area contributed by atoms with E-state index in [1.54, 1.807) is 6.92 Å². The molecule has 0 bridgehead atoms. The van der Waals surface area contributed by atoms with Crippen LogP contribution in [-0.4, -0.2) is 13.5 Å². The summed E-state index contributed by atoms with van der Waals surface area (Å²) in [4.78, 5) is 0.00982. The Bertz CT molecular complexity index is 731. The first-order chi connectivity index (χ1) is 9.31. The zero-order valence-corrected chi connectivity index (χ0v) is 12.4. The van der Waals surface area contributed by atoms with Crippen LogP contribution in [0.3, 0.4) is 0 Å². The molecule has 0 spiro atoms. The summed E-state index contributed by atoms with van der Waals surface area (Å²) in [6, 6.07) is 8.99. The summed E-state index contributed by atoms with van der Waals surface area (Å²) in [5.74, 6) is 0.366. The van der Waals surface area contributed by atoms with Gasteiger partial charge in [-0.25, -0.2) is 0 Å². The van der Waals surface area contributed by atoms with E-state index in [-0.39, 0.29) is 10.6 Å². The van der Waals surface area contributed by atoms with Crippen molar-refractivity contribution in [1.82, 2.24) is 0 Å². The summed E-state index contributed by atoms with van der Waals surface area (Å²) < 4.78 is 29.7. The number of rotatable bonds is 3. The molecule has 0 aliphatic heterocycles. The van der Waals surface area contributed by atoms with Crippen molar-refractivity contribution in [2.75, 3.05) is 0 Å². The standard InChI is InChI=1S/C15H16O4S/c1-10-4-5-11(2)15(12(10)3)19-20(17,18)14-8-6-13(16)7-9-14/h4-9,16H,1-3H3. The lowest BCUT2D eigenvalue weighted by molar-refractivity contribution is 0.472. The molecule has 0 amide bonds. The van der Waals surface area contributed by atoms with E-state index in [0.717, 1.165) is 16.7 Å². The van der Waals surface area contributed by atoms with Gasteiger partial charge in [0.05, 0.1) is 0 Å². The Morgan fingerprint density at radius 2 is 1.45 bits per heavy atom. The SMILES string of the molecule is Cc1ccc(C)c(OS(=O)(=O)c2ccc(O)cc2)c1C. The van der Waals surface area contributed by atoms with Crippen LogP contribution >= 0.6 is 0 Å². The van der Waals surface area contributed by atoms with Crippen LogP contribution in [0.5, 0.6) is 11.5 Å². The molecule has 0 aliphatic carbocycles. The third-order valence-electron chi connectivity index (χ3n) is 3.19. The highest BCUT2D eigenvalue weighted by Crippen LogP contribution is 2.29. The molecule has 0 heterocycles. The normalized spacial score (nSPS) is 11.3. The Labute approximate surface area is 118 Å². The van der Waals surface area contributed by atoms with E-state index in [1.807, 2.05) is 26.0 Å². The van der Waals surface area contributed by atoms with E-state index in [1.165, 1.54) is 24.3 Å². The van der Waals surface area contributed by atoms with Crippen LogP contribution in [0.4, 0.5) is 0 Å². The third-order valence-corrected chi connectivity index (χ3v) is 4.43. The van der Waals surface area contributed by atoms with Crippen molar-refractivity contribution in [2.24, 2.45) is 0 Å². The van der Waals surface area contributed by atoms with Gasteiger partial charge in [-0.2, -0.15) is 8.42 Å². The van der Waals surface area contributed by atoms with Gasteiger partial charge in [-0.1, -0.05) is 12.1 Å². The number of phenols is 1. The molecule has 0 saturated heterocycles. The Kier molecular flexibility index (Phi) is 3.72. The largest absolute Gasteiger partial charge is 0.508 e. The molecule has 0 saturated carbocycles. The minimum atomic E-state index is -3.90. The number of aromatic hydroxyl groups is 1. The summed E-state index contributed by atoms with van der Waals surface area (Å²) in [6.45, 7) is 5.52. The molecule has 0 radical (unpaired) electrons. The van der Waals surface area contributed by atoms with Crippen molar-refractivity contribution in [3.8, 4) is 11.5 Å². The Hall–Kier alpha value is -2.01. The van der Waals surface area contributed by atoms with Crippen molar-refractivity contribution in [3.63, 3.8) is 0 Å². The van der Waals surface area contributed by atoms with Crippen LogP contribution in [0, 0.1) is 20.8 Å². The minimum Gasteiger partial charge on any atom is -0.508 e. The van der Waals surface area contributed by atoms with Crippen LogP contribution in [0.2, 0.25) is 0 Å².